The normalized spacial score (nSPS) is 16.4. The molecule has 1 saturated carbocycles. The molecular formula is C16H23ClN2O2. The molecular weight excluding hydrogens is 288 g/mol. The predicted octanol–water partition coefficient (Wildman–Crippen LogP) is 4.11. The van der Waals surface area contributed by atoms with Gasteiger partial charge in [-0.15, -0.1) is 0 Å². The van der Waals surface area contributed by atoms with Crippen LogP contribution in [0.2, 0.25) is 5.02 Å². The Morgan fingerprint density at radius 1 is 1.43 bits per heavy atom. The molecule has 0 spiro atoms. The van der Waals surface area contributed by atoms with Gasteiger partial charge in [0.1, 0.15) is 5.60 Å². The van der Waals surface area contributed by atoms with Crippen LogP contribution in [0.15, 0.2) is 18.2 Å². The minimum Gasteiger partial charge on any atom is -0.444 e. The lowest BCUT2D eigenvalue weighted by atomic mass is 10.0. The molecule has 4 nitrogen and oxygen atoms in total. The first-order valence-electron chi connectivity index (χ1n) is 7.24. The molecule has 116 valence electrons. The molecule has 1 aliphatic rings. The number of benzene rings is 1. The first-order chi connectivity index (χ1) is 9.67. The number of ether oxygens (including phenoxy) is 1. The van der Waals surface area contributed by atoms with Crippen LogP contribution >= 0.6 is 11.6 Å². The van der Waals surface area contributed by atoms with E-state index in [1.807, 2.05) is 32.9 Å². The maximum absolute atomic E-state index is 11.7. The Balaban J connectivity index is 1.93. The van der Waals surface area contributed by atoms with Crippen LogP contribution in [0.3, 0.4) is 0 Å². The number of amides is 1. The molecule has 1 aromatic carbocycles. The lowest BCUT2D eigenvalue weighted by Gasteiger charge is -2.20. The molecule has 5 heteroatoms. The van der Waals surface area contributed by atoms with E-state index in [-0.39, 0.29) is 5.54 Å². The van der Waals surface area contributed by atoms with Gasteiger partial charge in [0, 0.05) is 16.2 Å². The number of aryl methyl sites for hydroxylation is 1. The van der Waals surface area contributed by atoms with Gasteiger partial charge in [-0.05, 0) is 64.2 Å². The number of nitrogens with one attached hydrogen (secondary N) is 1. The van der Waals surface area contributed by atoms with Crippen LogP contribution in [0.5, 0.6) is 0 Å². The quantitative estimate of drug-likeness (QED) is 0.879. The van der Waals surface area contributed by atoms with E-state index in [1.54, 1.807) is 6.07 Å². The number of carbonyl (C=O) groups excluding carboxylic acids is 1. The maximum atomic E-state index is 11.7. The van der Waals surface area contributed by atoms with Crippen LogP contribution in [0.4, 0.5) is 10.5 Å². The third kappa shape index (κ3) is 5.21. The Kier molecular flexibility index (Phi) is 4.49. The molecule has 0 bridgehead atoms. The smallest absolute Gasteiger partial charge is 0.412 e. The zero-order chi connectivity index (χ0) is 15.7. The predicted molar refractivity (Wildman–Crippen MR) is 85.8 cm³/mol. The van der Waals surface area contributed by atoms with Crippen molar-refractivity contribution in [3.05, 3.63) is 28.8 Å². The van der Waals surface area contributed by atoms with E-state index >= 15 is 0 Å². The summed E-state index contributed by atoms with van der Waals surface area (Å²) in [5.74, 6) is 0. The lowest BCUT2D eigenvalue weighted by Crippen LogP contribution is -2.27. The van der Waals surface area contributed by atoms with Gasteiger partial charge >= 0.3 is 6.09 Å². The Morgan fingerprint density at radius 3 is 2.62 bits per heavy atom. The summed E-state index contributed by atoms with van der Waals surface area (Å²) in [6.07, 6.45) is 3.53. The summed E-state index contributed by atoms with van der Waals surface area (Å²) < 4.78 is 5.20. The maximum Gasteiger partial charge on any atom is 0.412 e. The second-order valence-electron chi connectivity index (χ2n) is 6.80. The van der Waals surface area contributed by atoms with Gasteiger partial charge in [0.05, 0.1) is 0 Å². The zero-order valence-corrected chi connectivity index (χ0v) is 13.6. The number of hydrogen-bond acceptors (Lipinski definition) is 3. The van der Waals surface area contributed by atoms with Gasteiger partial charge in [-0.2, -0.15) is 0 Å². The van der Waals surface area contributed by atoms with E-state index in [9.17, 15) is 4.79 Å². The Labute approximate surface area is 131 Å². The van der Waals surface area contributed by atoms with Crippen molar-refractivity contribution in [3.63, 3.8) is 0 Å². The van der Waals surface area contributed by atoms with Gasteiger partial charge in [-0.25, -0.2) is 4.79 Å². The van der Waals surface area contributed by atoms with Crippen molar-refractivity contribution in [1.29, 1.82) is 0 Å². The van der Waals surface area contributed by atoms with E-state index < -0.39 is 11.7 Å². The van der Waals surface area contributed by atoms with Crippen molar-refractivity contribution in [3.8, 4) is 0 Å². The summed E-state index contributed by atoms with van der Waals surface area (Å²) in [4.78, 5) is 11.7. The molecule has 0 unspecified atom stereocenters. The van der Waals surface area contributed by atoms with Gasteiger partial charge in [-0.3, -0.25) is 5.32 Å². The third-order valence-corrected chi connectivity index (χ3v) is 3.83. The summed E-state index contributed by atoms with van der Waals surface area (Å²) in [6.45, 7) is 5.47. The van der Waals surface area contributed by atoms with Crippen molar-refractivity contribution in [2.45, 2.75) is 57.6 Å². The fraction of sp³-hybridized carbons (Fsp3) is 0.562. The molecule has 21 heavy (non-hydrogen) atoms. The molecule has 0 radical (unpaired) electrons. The van der Waals surface area contributed by atoms with E-state index in [0.717, 1.165) is 31.2 Å². The summed E-state index contributed by atoms with van der Waals surface area (Å²) in [5, 5.41) is 3.33. The standard InChI is InChI=1S/C16H23ClN2O2/c1-15(2,3)21-14(20)19-12-5-4-11(13(17)10-12)6-7-16(18)8-9-16/h4-5,10H,6-9,18H2,1-3H3,(H,19,20). The fourth-order valence-corrected chi connectivity index (χ4v) is 2.32. The van der Waals surface area contributed by atoms with E-state index in [2.05, 4.69) is 5.32 Å². The molecule has 3 N–H and O–H groups in total. The molecule has 0 aromatic heterocycles. The number of rotatable bonds is 4. The van der Waals surface area contributed by atoms with Crippen LogP contribution in [-0.2, 0) is 11.2 Å². The molecule has 1 amide bonds. The minimum absolute atomic E-state index is 0.0246. The zero-order valence-electron chi connectivity index (χ0n) is 12.8. The average Bonchev–Trinajstić information content (AvgIpc) is 3.04. The molecule has 0 heterocycles. The second kappa shape index (κ2) is 5.85. The van der Waals surface area contributed by atoms with Crippen molar-refractivity contribution in [1.82, 2.24) is 0 Å². The highest BCUT2D eigenvalue weighted by molar-refractivity contribution is 6.31. The highest BCUT2D eigenvalue weighted by Gasteiger charge is 2.37. The van der Waals surface area contributed by atoms with Crippen molar-refractivity contribution in [2.75, 3.05) is 5.32 Å². The van der Waals surface area contributed by atoms with Gasteiger partial charge in [-0.1, -0.05) is 17.7 Å². The minimum atomic E-state index is -0.520. The van der Waals surface area contributed by atoms with Crippen LogP contribution in [0, 0.1) is 0 Å². The number of hydrogen-bond donors (Lipinski definition) is 2. The topological polar surface area (TPSA) is 64.3 Å². The number of halogens is 1. The van der Waals surface area contributed by atoms with Gasteiger partial charge in [0.25, 0.3) is 0 Å². The molecule has 1 fully saturated rings. The first-order valence-corrected chi connectivity index (χ1v) is 7.62. The van der Waals surface area contributed by atoms with Crippen LogP contribution < -0.4 is 11.1 Å². The highest BCUT2D eigenvalue weighted by atomic mass is 35.5. The second-order valence-corrected chi connectivity index (χ2v) is 7.20. The fourth-order valence-electron chi connectivity index (χ4n) is 2.04. The van der Waals surface area contributed by atoms with E-state index in [4.69, 9.17) is 22.1 Å². The lowest BCUT2D eigenvalue weighted by molar-refractivity contribution is 0.0636. The van der Waals surface area contributed by atoms with Crippen LogP contribution in [0.1, 0.15) is 45.6 Å². The molecule has 0 aliphatic heterocycles. The number of carbonyl (C=O) groups is 1. The number of nitrogens with two attached hydrogens (primary N) is 1. The summed E-state index contributed by atoms with van der Waals surface area (Å²) >= 11 is 6.26. The first kappa shape index (κ1) is 16.1. The SMILES string of the molecule is CC(C)(C)OC(=O)Nc1ccc(CCC2(N)CC2)c(Cl)c1. The van der Waals surface area contributed by atoms with Gasteiger partial charge < -0.3 is 10.5 Å². The molecule has 2 rings (SSSR count). The van der Waals surface area contributed by atoms with Gasteiger partial charge in [0.15, 0.2) is 0 Å². The summed E-state index contributed by atoms with van der Waals surface area (Å²) in [6, 6.07) is 5.51. The largest absolute Gasteiger partial charge is 0.444 e. The summed E-state index contributed by atoms with van der Waals surface area (Å²) in [5.41, 5.74) is 7.28. The Morgan fingerprint density at radius 2 is 2.10 bits per heavy atom. The van der Waals surface area contributed by atoms with Gasteiger partial charge in [0.2, 0.25) is 0 Å². The Bertz CT molecular complexity index is 534. The van der Waals surface area contributed by atoms with Crippen molar-refractivity contribution in [2.24, 2.45) is 5.73 Å². The third-order valence-electron chi connectivity index (χ3n) is 3.48. The van der Waals surface area contributed by atoms with Crippen LogP contribution in [0.25, 0.3) is 0 Å². The molecule has 0 atom stereocenters. The highest BCUT2D eigenvalue weighted by Crippen LogP contribution is 2.37. The summed E-state index contributed by atoms with van der Waals surface area (Å²) in [7, 11) is 0. The molecule has 1 aromatic rings. The van der Waals surface area contributed by atoms with Crippen LogP contribution in [-0.4, -0.2) is 17.2 Å². The van der Waals surface area contributed by atoms with Crippen molar-refractivity contribution < 1.29 is 9.53 Å². The average molecular weight is 311 g/mol. The van der Waals surface area contributed by atoms with Crippen molar-refractivity contribution >= 4 is 23.4 Å². The number of anilines is 1. The molecule has 1 aliphatic carbocycles. The monoisotopic (exact) mass is 310 g/mol. The van der Waals surface area contributed by atoms with E-state index in [1.165, 1.54) is 0 Å². The van der Waals surface area contributed by atoms with E-state index in [0.29, 0.717) is 10.7 Å². The molecule has 0 saturated heterocycles. The Hall–Kier alpha value is -1.26.